The van der Waals surface area contributed by atoms with Crippen LogP contribution < -0.4 is 5.32 Å². The molecule has 0 amide bonds. The molecule has 0 aromatic heterocycles. The minimum Gasteiger partial charge on any atom is -0.346 e. The summed E-state index contributed by atoms with van der Waals surface area (Å²) in [5.74, 6) is 0.694. The molecule has 1 N–H and O–H groups in total. The van der Waals surface area contributed by atoms with Crippen molar-refractivity contribution in [1.29, 1.82) is 0 Å². The summed E-state index contributed by atoms with van der Waals surface area (Å²) in [6.07, 6.45) is 1.20. The van der Waals surface area contributed by atoms with Gasteiger partial charge in [-0.1, -0.05) is 26.2 Å². The van der Waals surface area contributed by atoms with Crippen molar-refractivity contribution in [1.82, 2.24) is 5.32 Å². The topological polar surface area (TPSA) is 12.0 Å². The molecule has 0 aliphatic carbocycles. The standard InChI is InChI=1S/C7H16N.Re/c1-5-6(2)7(3)8-4;/h6-8H,3,5H2,1-2,4H3;/q-1;/t6?,7-;/m1./s1. The predicted molar refractivity (Wildman–Crippen MR) is 37.7 cm³/mol. The van der Waals surface area contributed by atoms with Gasteiger partial charge in [-0.2, -0.15) is 0 Å². The molecule has 1 radical (unpaired) electrons. The number of hydrogen-bond donors (Lipinski definition) is 1. The Kier molecular flexibility index (Phi) is 9.22. The third-order valence-corrected chi connectivity index (χ3v) is 1.70. The van der Waals surface area contributed by atoms with E-state index in [2.05, 4.69) is 26.1 Å². The first-order chi connectivity index (χ1) is 3.72. The molecule has 0 saturated carbocycles. The maximum absolute atomic E-state index is 3.92. The zero-order valence-electron chi connectivity index (χ0n) is 6.45. The molecule has 0 fully saturated rings. The fourth-order valence-electron chi connectivity index (χ4n) is 0.569. The van der Waals surface area contributed by atoms with Gasteiger partial charge in [0, 0.05) is 20.4 Å². The van der Waals surface area contributed by atoms with Crippen LogP contribution in [0.1, 0.15) is 20.3 Å². The zero-order chi connectivity index (χ0) is 6.57. The fourth-order valence-corrected chi connectivity index (χ4v) is 0.569. The van der Waals surface area contributed by atoms with Crippen LogP contribution in [0.4, 0.5) is 0 Å². The Bertz CT molecular complexity index is 48.9. The summed E-state index contributed by atoms with van der Waals surface area (Å²) >= 11 is 0. The van der Waals surface area contributed by atoms with Crippen molar-refractivity contribution in [2.45, 2.75) is 26.3 Å². The van der Waals surface area contributed by atoms with E-state index >= 15 is 0 Å². The van der Waals surface area contributed by atoms with Crippen molar-refractivity contribution < 1.29 is 20.4 Å². The summed E-state index contributed by atoms with van der Waals surface area (Å²) in [6, 6.07) is 0.417. The van der Waals surface area contributed by atoms with Crippen molar-refractivity contribution in [2.75, 3.05) is 7.05 Å². The smallest absolute Gasteiger partial charge is 0 e. The molecule has 1 unspecified atom stereocenters. The zero-order valence-corrected chi connectivity index (χ0v) is 9.16. The normalized spacial score (nSPS) is 16.0. The molecule has 0 aromatic rings. The van der Waals surface area contributed by atoms with Gasteiger partial charge in [-0.05, 0) is 7.05 Å². The Morgan fingerprint density at radius 1 is 1.56 bits per heavy atom. The van der Waals surface area contributed by atoms with Crippen LogP contribution in [0.3, 0.4) is 0 Å². The molecular formula is C7H16NRe-. The molecule has 0 rings (SSSR count). The van der Waals surface area contributed by atoms with Gasteiger partial charge in [-0.3, -0.25) is 0 Å². The van der Waals surface area contributed by atoms with E-state index < -0.39 is 0 Å². The molecule has 0 aliphatic heterocycles. The average Bonchev–Trinajstić information content (AvgIpc) is 1.84. The second-order valence-electron chi connectivity index (χ2n) is 2.28. The van der Waals surface area contributed by atoms with Crippen LogP contribution in [0, 0.1) is 12.8 Å². The van der Waals surface area contributed by atoms with Crippen molar-refractivity contribution in [3.8, 4) is 0 Å². The van der Waals surface area contributed by atoms with Gasteiger partial charge in [0.2, 0.25) is 0 Å². The molecule has 1 nitrogen and oxygen atoms in total. The van der Waals surface area contributed by atoms with Gasteiger partial charge in [0.1, 0.15) is 0 Å². The van der Waals surface area contributed by atoms with Crippen LogP contribution in [0.25, 0.3) is 0 Å². The maximum Gasteiger partial charge on any atom is 0 e. The van der Waals surface area contributed by atoms with E-state index in [-0.39, 0.29) is 20.4 Å². The van der Waals surface area contributed by atoms with Crippen LogP contribution in [0.2, 0.25) is 0 Å². The summed E-state index contributed by atoms with van der Waals surface area (Å²) in [7, 11) is 1.95. The summed E-state index contributed by atoms with van der Waals surface area (Å²) in [6.45, 7) is 8.30. The Balaban J connectivity index is 0. The Hall–Kier alpha value is 0.622. The third kappa shape index (κ3) is 5.09. The molecular weight excluding hydrogens is 284 g/mol. The first kappa shape index (κ1) is 12.3. The average molecular weight is 300 g/mol. The van der Waals surface area contributed by atoms with Crippen LogP contribution in [0.15, 0.2) is 0 Å². The number of nitrogens with one attached hydrogen (secondary N) is 1. The van der Waals surface area contributed by atoms with Gasteiger partial charge < -0.3 is 12.2 Å². The summed E-state index contributed by atoms with van der Waals surface area (Å²) in [5.41, 5.74) is 0. The fraction of sp³-hybridized carbons (Fsp3) is 0.857. The van der Waals surface area contributed by atoms with Gasteiger partial charge in [-0.25, -0.2) is 0 Å². The monoisotopic (exact) mass is 301 g/mol. The summed E-state index contributed by atoms with van der Waals surface area (Å²) in [4.78, 5) is 0. The Morgan fingerprint density at radius 3 is 2.11 bits per heavy atom. The molecule has 0 heterocycles. The van der Waals surface area contributed by atoms with E-state index in [0.717, 1.165) is 0 Å². The Morgan fingerprint density at radius 2 is 2.00 bits per heavy atom. The largest absolute Gasteiger partial charge is 0.346 e. The van der Waals surface area contributed by atoms with Crippen molar-refractivity contribution in [2.24, 2.45) is 5.92 Å². The van der Waals surface area contributed by atoms with Gasteiger partial charge >= 0.3 is 0 Å². The van der Waals surface area contributed by atoms with E-state index in [4.69, 9.17) is 0 Å². The van der Waals surface area contributed by atoms with Gasteiger partial charge in [-0.15, -0.1) is 6.04 Å². The van der Waals surface area contributed by atoms with Gasteiger partial charge in [0.15, 0.2) is 0 Å². The molecule has 0 bridgehead atoms. The second kappa shape index (κ2) is 6.74. The molecule has 0 aromatic carbocycles. The number of hydrogen-bond acceptors (Lipinski definition) is 1. The molecule has 0 aliphatic rings. The van der Waals surface area contributed by atoms with E-state index in [9.17, 15) is 0 Å². The summed E-state index contributed by atoms with van der Waals surface area (Å²) < 4.78 is 0. The van der Waals surface area contributed by atoms with Crippen LogP contribution in [-0.2, 0) is 20.4 Å². The third-order valence-electron chi connectivity index (χ3n) is 1.70. The van der Waals surface area contributed by atoms with Gasteiger partial charge in [0.05, 0.1) is 0 Å². The predicted octanol–water partition coefficient (Wildman–Crippen LogP) is 1.45. The van der Waals surface area contributed by atoms with Gasteiger partial charge in [0.25, 0.3) is 0 Å². The first-order valence-corrected chi connectivity index (χ1v) is 3.22. The van der Waals surface area contributed by atoms with Crippen molar-refractivity contribution in [3.05, 3.63) is 6.92 Å². The van der Waals surface area contributed by atoms with E-state index in [1.54, 1.807) is 0 Å². The van der Waals surface area contributed by atoms with Crippen molar-refractivity contribution in [3.63, 3.8) is 0 Å². The Labute approximate surface area is 72.3 Å². The molecule has 2 heteroatoms. The molecule has 2 atom stereocenters. The number of rotatable bonds is 3. The SMILES string of the molecule is [CH2-][C@@H](NC)C(C)CC.[Re]. The van der Waals surface area contributed by atoms with Crippen LogP contribution >= 0.6 is 0 Å². The van der Waals surface area contributed by atoms with E-state index in [0.29, 0.717) is 12.0 Å². The van der Waals surface area contributed by atoms with E-state index in [1.807, 2.05) is 7.05 Å². The molecule has 57 valence electrons. The van der Waals surface area contributed by atoms with E-state index in [1.165, 1.54) is 6.42 Å². The first-order valence-electron chi connectivity index (χ1n) is 3.22. The van der Waals surface area contributed by atoms with Crippen LogP contribution in [-0.4, -0.2) is 13.1 Å². The minimum atomic E-state index is 0. The van der Waals surface area contributed by atoms with Crippen molar-refractivity contribution >= 4 is 0 Å². The minimum absolute atomic E-state index is 0. The second-order valence-corrected chi connectivity index (χ2v) is 2.28. The van der Waals surface area contributed by atoms with Crippen LogP contribution in [0.5, 0.6) is 0 Å². The molecule has 9 heavy (non-hydrogen) atoms. The molecule has 0 saturated heterocycles. The quantitative estimate of drug-likeness (QED) is 0.778. The summed E-state index contributed by atoms with van der Waals surface area (Å²) in [5, 5.41) is 3.10. The maximum atomic E-state index is 3.92. The molecule has 0 spiro atoms.